The van der Waals surface area contributed by atoms with Crippen molar-refractivity contribution in [2.45, 2.75) is 26.2 Å². The van der Waals surface area contributed by atoms with E-state index < -0.39 is 0 Å². The van der Waals surface area contributed by atoms with E-state index >= 15 is 0 Å². The van der Waals surface area contributed by atoms with Gasteiger partial charge < -0.3 is 15.0 Å². The Balaban J connectivity index is 1.67. The molecule has 2 aromatic rings. The van der Waals surface area contributed by atoms with Gasteiger partial charge in [-0.15, -0.1) is 0 Å². The van der Waals surface area contributed by atoms with Crippen LogP contribution >= 0.6 is 0 Å². The summed E-state index contributed by atoms with van der Waals surface area (Å²) in [5.74, 6) is 0.816. The van der Waals surface area contributed by atoms with E-state index in [1.807, 2.05) is 54.3 Å². The summed E-state index contributed by atoms with van der Waals surface area (Å²) in [7, 11) is 1.61. The summed E-state index contributed by atoms with van der Waals surface area (Å²) in [6.45, 7) is 2.72. The van der Waals surface area contributed by atoms with Crippen molar-refractivity contribution in [2.24, 2.45) is 0 Å². The van der Waals surface area contributed by atoms with Crippen molar-refractivity contribution >= 4 is 23.2 Å². The molecule has 0 bridgehead atoms. The maximum atomic E-state index is 12.3. The smallest absolute Gasteiger partial charge is 0.228 e. The number of aryl methyl sites for hydroxylation is 1. The fourth-order valence-corrected chi connectivity index (χ4v) is 3.11. The SMILES string of the molecule is COc1cccc(CC(=O)Nc2ccc(N3CCCC3=O)c(C)c2)c1. The molecule has 1 heterocycles. The number of carbonyl (C=O) groups is 2. The summed E-state index contributed by atoms with van der Waals surface area (Å²) in [6, 6.07) is 13.1. The van der Waals surface area contributed by atoms with Gasteiger partial charge in [-0.05, 0) is 54.8 Å². The summed E-state index contributed by atoms with van der Waals surface area (Å²) in [5.41, 5.74) is 3.54. The lowest BCUT2D eigenvalue weighted by Gasteiger charge is -2.19. The molecule has 1 aliphatic rings. The molecule has 25 heavy (non-hydrogen) atoms. The van der Waals surface area contributed by atoms with Crippen molar-refractivity contribution in [1.29, 1.82) is 0 Å². The number of ether oxygens (including phenoxy) is 1. The number of rotatable bonds is 5. The standard InChI is InChI=1S/C20H22N2O3/c1-14-11-16(8-9-18(14)22-10-4-7-20(22)24)21-19(23)13-15-5-3-6-17(12-15)25-2/h3,5-6,8-9,11-12H,4,7,10,13H2,1-2H3,(H,21,23). The van der Waals surface area contributed by atoms with Crippen LogP contribution in [0.2, 0.25) is 0 Å². The van der Waals surface area contributed by atoms with Crippen LogP contribution < -0.4 is 15.0 Å². The Labute approximate surface area is 147 Å². The number of hydrogen-bond acceptors (Lipinski definition) is 3. The largest absolute Gasteiger partial charge is 0.497 e. The van der Waals surface area contributed by atoms with E-state index in [-0.39, 0.29) is 18.2 Å². The van der Waals surface area contributed by atoms with Crippen LogP contribution in [0.5, 0.6) is 5.75 Å². The highest BCUT2D eigenvalue weighted by molar-refractivity contribution is 5.97. The molecule has 0 atom stereocenters. The van der Waals surface area contributed by atoms with E-state index in [1.54, 1.807) is 7.11 Å². The fourth-order valence-electron chi connectivity index (χ4n) is 3.11. The molecule has 3 rings (SSSR count). The molecule has 1 saturated heterocycles. The first-order valence-electron chi connectivity index (χ1n) is 8.40. The molecule has 5 heteroatoms. The minimum atomic E-state index is -0.0855. The predicted molar refractivity (Wildman–Crippen MR) is 98.1 cm³/mol. The molecule has 2 amide bonds. The van der Waals surface area contributed by atoms with E-state index in [9.17, 15) is 9.59 Å². The summed E-state index contributed by atoms with van der Waals surface area (Å²) in [4.78, 5) is 26.0. The van der Waals surface area contributed by atoms with Gasteiger partial charge in [0.2, 0.25) is 11.8 Å². The van der Waals surface area contributed by atoms with E-state index in [0.717, 1.165) is 41.2 Å². The van der Waals surface area contributed by atoms with E-state index in [0.29, 0.717) is 6.42 Å². The molecule has 1 fully saturated rings. The van der Waals surface area contributed by atoms with Crippen LogP contribution in [-0.4, -0.2) is 25.5 Å². The first-order chi connectivity index (χ1) is 12.1. The molecule has 1 aliphatic heterocycles. The third-order valence-electron chi connectivity index (χ3n) is 4.34. The molecule has 130 valence electrons. The Bertz CT molecular complexity index is 801. The second kappa shape index (κ2) is 7.38. The van der Waals surface area contributed by atoms with Gasteiger partial charge >= 0.3 is 0 Å². The average Bonchev–Trinajstić information content (AvgIpc) is 3.01. The monoisotopic (exact) mass is 338 g/mol. The Morgan fingerprint density at radius 3 is 2.76 bits per heavy atom. The van der Waals surface area contributed by atoms with Crippen molar-refractivity contribution in [1.82, 2.24) is 0 Å². The Hall–Kier alpha value is -2.82. The molecular formula is C20H22N2O3. The third kappa shape index (κ3) is 3.99. The van der Waals surface area contributed by atoms with Crippen molar-refractivity contribution in [3.05, 3.63) is 53.6 Å². The summed E-state index contributed by atoms with van der Waals surface area (Å²) >= 11 is 0. The first kappa shape index (κ1) is 17.0. The molecule has 0 spiro atoms. The average molecular weight is 338 g/mol. The van der Waals surface area contributed by atoms with Gasteiger partial charge in [0.1, 0.15) is 5.75 Å². The van der Waals surface area contributed by atoms with Gasteiger partial charge in [-0.25, -0.2) is 0 Å². The fraction of sp³-hybridized carbons (Fsp3) is 0.300. The van der Waals surface area contributed by atoms with Gasteiger partial charge in [-0.1, -0.05) is 12.1 Å². The zero-order chi connectivity index (χ0) is 17.8. The topological polar surface area (TPSA) is 58.6 Å². The third-order valence-corrected chi connectivity index (χ3v) is 4.34. The molecule has 2 aromatic carbocycles. The number of methoxy groups -OCH3 is 1. The van der Waals surface area contributed by atoms with Crippen LogP contribution in [0.3, 0.4) is 0 Å². The van der Waals surface area contributed by atoms with Crippen LogP contribution in [0.4, 0.5) is 11.4 Å². The van der Waals surface area contributed by atoms with Gasteiger partial charge in [-0.2, -0.15) is 0 Å². The number of nitrogens with one attached hydrogen (secondary N) is 1. The van der Waals surface area contributed by atoms with Gasteiger partial charge in [0, 0.05) is 24.3 Å². The highest BCUT2D eigenvalue weighted by Crippen LogP contribution is 2.27. The maximum Gasteiger partial charge on any atom is 0.228 e. The number of nitrogens with zero attached hydrogens (tertiary/aromatic N) is 1. The molecule has 0 saturated carbocycles. The highest BCUT2D eigenvalue weighted by atomic mass is 16.5. The maximum absolute atomic E-state index is 12.3. The minimum Gasteiger partial charge on any atom is -0.497 e. The lowest BCUT2D eigenvalue weighted by molar-refractivity contribution is -0.117. The Kier molecular flexibility index (Phi) is 5.03. The summed E-state index contributed by atoms with van der Waals surface area (Å²) < 4.78 is 5.18. The van der Waals surface area contributed by atoms with Gasteiger partial charge in [0.05, 0.1) is 13.5 Å². The number of anilines is 2. The molecular weight excluding hydrogens is 316 g/mol. The highest BCUT2D eigenvalue weighted by Gasteiger charge is 2.23. The molecule has 0 aliphatic carbocycles. The molecule has 5 nitrogen and oxygen atoms in total. The molecule has 0 unspecified atom stereocenters. The van der Waals surface area contributed by atoms with Gasteiger partial charge in [0.15, 0.2) is 0 Å². The zero-order valence-electron chi connectivity index (χ0n) is 14.5. The predicted octanol–water partition coefficient (Wildman–Crippen LogP) is 3.31. The van der Waals surface area contributed by atoms with Crippen molar-refractivity contribution in [3.63, 3.8) is 0 Å². The van der Waals surface area contributed by atoms with Crippen molar-refractivity contribution in [3.8, 4) is 5.75 Å². The van der Waals surface area contributed by atoms with E-state index in [2.05, 4.69) is 5.32 Å². The normalized spacial score (nSPS) is 13.8. The van der Waals surface area contributed by atoms with E-state index in [1.165, 1.54) is 0 Å². The Morgan fingerprint density at radius 2 is 2.08 bits per heavy atom. The summed E-state index contributed by atoms with van der Waals surface area (Å²) in [5, 5.41) is 2.91. The van der Waals surface area contributed by atoms with Crippen LogP contribution in [0.25, 0.3) is 0 Å². The molecule has 0 radical (unpaired) electrons. The van der Waals surface area contributed by atoms with Crippen molar-refractivity contribution in [2.75, 3.05) is 23.9 Å². The number of hydrogen-bond donors (Lipinski definition) is 1. The molecule has 0 aromatic heterocycles. The summed E-state index contributed by atoms with van der Waals surface area (Å²) in [6.07, 6.45) is 1.79. The lowest BCUT2D eigenvalue weighted by Crippen LogP contribution is -2.24. The number of benzene rings is 2. The quantitative estimate of drug-likeness (QED) is 0.910. The van der Waals surface area contributed by atoms with Crippen LogP contribution in [0, 0.1) is 6.92 Å². The van der Waals surface area contributed by atoms with Crippen molar-refractivity contribution < 1.29 is 14.3 Å². The second-order valence-electron chi connectivity index (χ2n) is 6.23. The first-order valence-corrected chi connectivity index (χ1v) is 8.40. The lowest BCUT2D eigenvalue weighted by atomic mass is 10.1. The van der Waals surface area contributed by atoms with Gasteiger partial charge in [0.25, 0.3) is 0 Å². The Morgan fingerprint density at radius 1 is 1.24 bits per heavy atom. The minimum absolute atomic E-state index is 0.0855. The number of amides is 2. The van der Waals surface area contributed by atoms with Gasteiger partial charge in [-0.3, -0.25) is 9.59 Å². The zero-order valence-corrected chi connectivity index (χ0v) is 14.5. The van der Waals surface area contributed by atoms with Crippen LogP contribution in [0.15, 0.2) is 42.5 Å². The molecule has 1 N–H and O–H groups in total. The van der Waals surface area contributed by atoms with Crippen LogP contribution in [-0.2, 0) is 16.0 Å². The van der Waals surface area contributed by atoms with E-state index in [4.69, 9.17) is 4.74 Å². The number of carbonyl (C=O) groups excluding carboxylic acids is 2. The second-order valence-corrected chi connectivity index (χ2v) is 6.23. The van der Waals surface area contributed by atoms with Crippen LogP contribution in [0.1, 0.15) is 24.0 Å².